The molecule has 0 aromatic heterocycles. The molecule has 1 amide bonds. The van der Waals surface area contributed by atoms with Crippen molar-refractivity contribution in [3.8, 4) is 6.07 Å². The highest BCUT2D eigenvalue weighted by Gasteiger charge is 2.16. The first-order chi connectivity index (χ1) is 7.28. The molecule has 0 aliphatic heterocycles. The molecule has 92 valence electrons. The van der Waals surface area contributed by atoms with Crippen molar-refractivity contribution in [2.45, 2.75) is 52.1 Å². The summed E-state index contributed by atoms with van der Waals surface area (Å²) in [6, 6.07) is 2.07. The van der Waals surface area contributed by atoms with Crippen LogP contribution >= 0.6 is 0 Å². The van der Waals surface area contributed by atoms with Crippen LogP contribution in [0.15, 0.2) is 0 Å². The molecule has 16 heavy (non-hydrogen) atoms. The van der Waals surface area contributed by atoms with E-state index in [0.29, 0.717) is 19.4 Å². The number of carbonyl (C=O) groups excluding carboxylic acids is 1. The number of rotatable bonds is 5. The minimum Gasteiger partial charge on any atom is -0.342 e. The zero-order chi connectivity index (χ0) is 12.8. The van der Waals surface area contributed by atoms with E-state index in [0.717, 1.165) is 0 Å². The first kappa shape index (κ1) is 14.9. The Labute approximate surface area is 98.6 Å². The summed E-state index contributed by atoms with van der Waals surface area (Å²) in [6.07, 6.45) is 0.860. The number of nitrogens with one attached hydrogen (secondary N) is 1. The van der Waals surface area contributed by atoms with Crippen molar-refractivity contribution in [1.29, 1.82) is 5.26 Å². The molecule has 0 spiro atoms. The maximum Gasteiger partial charge on any atom is 0.223 e. The van der Waals surface area contributed by atoms with Gasteiger partial charge in [0.15, 0.2) is 0 Å². The summed E-state index contributed by atoms with van der Waals surface area (Å²) in [5, 5.41) is 11.8. The van der Waals surface area contributed by atoms with Gasteiger partial charge < -0.3 is 10.2 Å². The lowest BCUT2D eigenvalue weighted by molar-refractivity contribution is -0.131. The molecule has 0 fully saturated rings. The van der Waals surface area contributed by atoms with Crippen LogP contribution in [0.25, 0.3) is 0 Å². The zero-order valence-electron chi connectivity index (χ0n) is 11.0. The van der Waals surface area contributed by atoms with E-state index in [2.05, 4.69) is 32.2 Å². The fraction of sp³-hybridized carbons (Fsp3) is 0.833. The van der Waals surface area contributed by atoms with Crippen LogP contribution in [-0.2, 0) is 4.79 Å². The van der Waals surface area contributed by atoms with Gasteiger partial charge >= 0.3 is 0 Å². The molecule has 1 N–H and O–H groups in total. The van der Waals surface area contributed by atoms with Crippen LogP contribution in [0.4, 0.5) is 0 Å². The van der Waals surface area contributed by atoms with Crippen LogP contribution < -0.4 is 5.32 Å². The van der Waals surface area contributed by atoms with Gasteiger partial charge in [-0.15, -0.1) is 0 Å². The molecule has 0 aromatic carbocycles. The fourth-order valence-corrected chi connectivity index (χ4v) is 1.24. The van der Waals surface area contributed by atoms with Gasteiger partial charge in [0.2, 0.25) is 5.91 Å². The molecule has 0 radical (unpaired) electrons. The standard InChI is InChI=1S/C12H23N3O/c1-10(6-8-13)15(5)11(16)7-9-14-12(2,3)4/h10,14H,6-7,9H2,1-5H3. The third kappa shape index (κ3) is 6.41. The van der Waals surface area contributed by atoms with Gasteiger partial charge in [0.1, 0.15) is 0 Å². The molecular weight excluding hydrogens is 202 g/mol. The van der Waals surface area contributed by atoms with Gasteiger partial charge in [0.25, 0.3) is 0 Å². The summed E-state index contributed by atoms with van der Waals surface area (Å²) in [5.74, 6) is 0.0829. The fourth-order valence-electron chi connectivity index (χ4n) is 1.24. The average molecular weight is 225 g/mol. The number of nitrogens with zero attached hydrogens (tertiary/aromatic N) is 2. The van der Waals surface area contributed by atoms with E-state index in [1.807, 2.05) is 6.92 Å². The second-order valence-electron chi connectivity index (χ2n) is 5.14. The molecule has 0 aliphatic rings. The monoisotopic (exact) mass is 225 g/mol. The van der Waals surface area contributed by atoms with Crippen LogP contribution in [0, 0.1) is 11.3 Å². The van der Waals surface area contributed by atoms with E-state index in [1.54, 1.807) is 11.9 Å². The van der Waals surface area contributed by atoms with Crippen LogP contribution in [-0.4, -0.2) is 36.0 Å². The number of hydrogen-bond acceptors (Lipinski definition) is 3. The summed E-state index contributed by atoms with van der Waals surface area (Å²) in [5.41, 5.74) is 0.0388. The van der Waals surface area contributed by atoms with Crippen molar-refractivity contribution < 1.29 is 4.79 Å². The molecule has 4 nitrogen and oxygen atoms in total. The largest absolute Gasteiger partial charge is 0.342 e. The van der Waals surface area contributed by atoms with Crippen LogP contribution in [0.1, 0.15) is 40.5 Å². The topological polar surface area (TPSA) is 56.1 Å². The van der Waals surface area contributed by atoms with E-state index < -0.39 is 0 Å². The maximum atomic E-state index is 11.7. The molecule has 0 rings (SSSR count). The molecule has 0 heterocycles. The zero-order valence-corrected chi connectivity index (χ0v) is 11.0. The van der Waals surface area contributed by atoms with Gasteiger partial charge in [0.05, 0.1) is 12.5 Å². The van der Waals surface area contributed by atoms with E-state index in [9.17, 15) is 4.79 Å². The molecule has 4 heteroatoms. The van der Waals surface area contributed by atoms with Crippen molar-refractivity contribution in [2.75, 3.05) is 13.6 Å². The van der Waals surface area contributed by atoms with Gasteiger partial charge in [-0.25, -0.2) is 0 Å². The summed E-state index contributed by atoms with van der Waals surface area (Å²) in [6.45, 7) is 8.77. The molecule has 1 atom stereocenters. The summed E-state index contributed by atoms with van der Waals surface area (Å²) in [4.78, 5) is 13.4. The highest BCUT2D eigenvalue weighted by Crippen LogP contribution is 2.03. The first-order valence-electron chi connectivity index (χ1n) is 5.65. The second kappa shape index (κ2) is 6.49. The lowest BCUT2D eigenvalue weighted by Crippen LogP contribution is -2.40. The Morgan fingerprint density at radius 2 is 2.06 bits per heavy atom. The van der Waals surface area contributed by atoms with Crippen molar-refractivity contribution >= 4 is 5.91 Å². The predicted molar refractivity (Wildman–Crippen MR) is 64.8 cm³/mol. The molecule has 0 aliphatic carbocycles. The van der Waals surface area contributed by atoms with Crippen LogP contribution in [0.3, 0.4) is 0 Å². The third-order valence-electron chi connectivity index (χ3n) is 2.44. The lowest BCUT2D eigenvalue weighted by atomic mass is 10.1. The molecule has 0 aromatic rings. The maximum absolute atomic E-state index is 11.7. The number of hydrogen-bond donors (Lipinski definition) is 1. The Hall–Kier alpha value is -1.08. The molecule has 0 saturated carbocycles. The minimum absolute atomic E-state index is 0.00728. The minimum atomic E-state index is -0.00728. The molecule has 0 bridgehead atoms. The molecule has 0 saturated heterocycles. The Bertz CT molecular complexity index is 262. The third-order valence-corrected chi connectivity index (χ3v) is 2.44. The quantitative estimate of drug-likeness (QED) is 0.772. The van der Waals surface area contributed by atoms with Gasteiger partial charge in [0, 0.05) is 31.6 Å². The SMILES string of the molecule is CC(CC#N)N(C)C(=O)CCNC(C)(C)C. The average Bonchev–Trinajstić information content (AvgIpc) is 2.14. The second-order valence-corrected chi connectivity index (χ2v) is 5.14. The number of nitriles is 1. The van der Waals surface area contributed by atoms with E-state index in [-0.39, 0.29) is 17.5 Å². The van der Waals surface area contributed by atoms with Gasteiger partial charge in [-0.3, -0.25) is 4.79 Å². The lowest BCUT2D eigenvalue weighted by Gasteiger charge is -2.25. The van der Waals surface area contributed by atoms with Crippen molar-refractivity contribution in [3.63, 3.8) is 0 Å². The van der Waals surface area contributed by atoms with Crippen molar-refractivity contribution in [3.05, 3.63) is 0 Å². The normalized spacial score (nSPS) is 13.0. The van der Waals surface area contributed by atoms with Crippen LogP contribution in [0.5, 0.6) is 0 Å². The number of amides is 1. The van der Waals surface area contributed by atoms with Crippen molar-refractivity contribution in [1.82, 2.24) is 10.2 Å². The van der Waals surface area contributed by atoms with Gasteiger partial charge in [-0.2, -0.15) is 5.26 Å². The Balaban J connectivity index is 3.94. The van der Waals surface area contributed by atoms with E-state index in [4.69, 9.17) is 5.26 Å². The molecule has 1 unspecified atom stereocenters. The Morgan fingerprint density at radius 1 is 1.50 bits per heavy atom. The highest BCUT2D eigenvalue weighted by atomic mass is 16.2. The Morgan fingerprint density at radius 3 is 2.50 bits per heavy atom. The first-order valence-corrected chi connectivity index (χ1v) is 5.65. The van der Waals surface area contributed by atoms with Gasteiger partial charge in [-0.1, -0.05) is 0 Å². The summed E-state index contributed by atoms with van der Waals surface area (Å²) < 4.78 is 0. The molecular formula is C12H23N3O. The highest BCUT2D eigenvalue weighted by molar-refractivity contribution is 5.76. The Kier molecular flexibility index (Phi) is 6.05. The van der Waals surface area contributed by atoms with E-state index >= 15 is 0 Å². The smallest absolute Gasteiger partial charge is 0.223 e. The predicted octanol–water partition coefficient (Wildman–Crippen LogP) is 1.53. The van der Waals surface area contributed by atoms with Crippen LogP contribution in [0.2, 0.25) is 0 Å². The van der Waals surface area contributed by atoms with Gasteiger partial charge in [-0.05, 0) is 27.7 Å². The number of carbonyl (C=O) groups is 1. The van der Waals surface area contributed by atoms with Crippen molar-refractivity contribution in [2.24, 2.45) is 0 Å². The van der Waals surface area contributed by atoms with E-state index in [1.165, 1.54) is 0 Å². The summed E-state index contributed by atoms with van der Waals surface area (Å²) in [7, 11) is 1.75. The summed E-state index contributed by atoms with van der Waals surface area (Å²) >= 11 is 0.